The molecule has 2 aromatic carbocycles. The molecule has 1 heterocycles. The molecule has 0 amide bonds. The van der Waals surface area contributed by atoms with Gasteiger partial charge in [-0.05, 0) is 42.3 Å². The van der Waals surface area contributed by atoms with Crippen molar-refractivity contribution in [2.75, 3.05) is 19.2 Å². The van der Waals surface area contributed by atoms with Gasteiger partial charge in [0.05, 0.1) is 7.11 Å². The number of hydrogen-bond acceptors (Lipinski definition) is 4. The Morgan fingerprint density at radius 1 is 1.24 bits per heavy atom. The molecule has 0 spiro atoms. The van der Waals surface area contributed by atoms with E-state index < -0.39 is 0 Å². The van der Waals surface area contributed by atoms with Crippen LogP contribution in [0.25, 0.3) is 0 Å². The van der Waals surface area contributed by atoms with E-state index in [4.69, 9.17) is 25.8 Å². The standard InChI is InChI=1S/C16H16ClNO3/c1-10-3-4-12(17)7-13(10)18-8-11-5-14(19-2)16-15(6-11)20-9-21-16/h3-7,18H,8-9H2,1-2H3. The zero-order chi connectivity index (χ0) is 14.8. The SMILES string of the molecule is COc1cc(CNc2cc(Cl)ccc2C)cc2c1OCO2. The van der Waals surface area contributed by atoms with Crippen molar-refractivity contribution in [3.05, 3.63) is 46.5 Å². The van der Waals surface area contributed by atoms with Crippen LogP contribution in [0.5, 0.6) is 17.2 Å². The first-order valence-electron chi connectivity index (χ1n) is 6.64. The van der Waals surface area contributed by atoms with Crippen LogP contribution in [-0.2, 0) is 6.54 Å². The number of benzene rings is 2. The van der Waals surface area contributed by atoms with Crippen LogP contribution in [0, 0.1) is 6.92 Å². The summed E-state index contributed by atoms with van der Waals surface area (Å²) in [6.45, 7) is 2.92. The van der Waals surface area contributed by atoms with Gasteiger partial charge in [-0.1, -0.05) is 17.7 Å². The lowest BCUT2D eigenvalue weighted by Crippen LogP contribution is -2.01. The van der Waals surface area contributed by atoms with Crippen LogP contribution in [0.15, 0.2) is 30.3 Å². The second-order valence-corrected chi connectivity index (χ2v) is 5.28. The van der Waals surface area contributed by atoms with Gasteiger partial charge in [0, 0.05) is 17.3 Å². The van der Waals surface area contributed by atoms with Crippen molar-refractivity contribution in [1.82, 2.24) is 0 Å². The third-order valence-electron chi connectivity index (χ3n) is 3.40. The lowest BCUT2D eigenvalue weighted by Gasteiger charge is -2.12. The molecular formula is C16H16ClNO3. The second kappa shape index (κ2) is 5.74. The monoisotopic (exact) mass is 305 g/mol. The van der Waals surface area contributed by atoms with E-state index in [1.165, 1.54) is 0 Å². The van der Waals surface area contributed by atoms with Gasteiger partial charge in [-0.3, -0.25) is 0 Å². The lowest BCUT2D eigenvalue weighted by molar-refractivity contribution is 0.171. The minimum Gasteiger partial charge on any atom is -0.493 e. The van der Waals surface area contributed by atoms with Gasteiger partial charge >= 0.3 is 0 Å². The van der Waals surface area contributed by atoms with Crippen LogP contribution in [0.3, 0.4) is 0 Å². The fourth-order valence-corrected chi connectivity index (χ4v) is 2.44. The van der Waals surface area contributed by atoms with Crippen molar-refractivity contribution in [2.24, 2.45) is 0 Å². The maximum Gasteiger partial charge on any atom is 0.231 e. The third-order valence-corrected chi connectivity index (χ3v) is 3.64. The molecule has 0 saturated carbocycles. The van der Waals surface area contributed by atoms with Gasteiger partial charge in [-0.25, -0.2) is 0 Å². The quantitative estimate of drug-likeness (QED) is 0.927. The fraction of sp³-hybridized carbons (Fsp3) is 0.250. The summed E-state index contributed by atoms with van der Waals surface area (Å²) in [5.74, 6) is 2.07. The zero-order valence-electron chi connectivity index (χ0n) is 11.9. The molecule has 0 bridgehead atoms. The maximum atomic E-state index is 6.03. The normalized spacial score (nSPS) is 12.3. The van der Waals surface area contributed by atoms with Gasteiger partial charge in [0.25, 0.3) is 0 Å². The highest BCUT2D eigenvalue weighted by Gasteiger charge is 2.19. The summed E-state index contributed by atoms with van der Waals surface area (Å²) < 4.78 is 16.2. The number of rotatable bonds is 4. The largest absolute Gasteiger partial charge is 0.493 e. The molecular weight excluding hydrogens is 290 g/mol. The van der Waals surface area contributed by atoms with E-state index in [-0.39, 0.29) is 6.79 Å². The average Bonchev–Trinajstić information content (AvgIpc) is 2.95. The molecule has 0 unspecified atom stereocenters. The van der Waals surface area contributed by atoms with Gasteiger partial charge in [-0.15, -0.1) is 0 Å². The number of halogens is 1. The molecule has 0 radical (unpaired) electrons. The van der Waals surface area contributed by atoms with Gasteiger partial charge in [0.2, 0.25) is 12.5 Å². The zero-order valence-corrected chi connectivity index (χ0v) is 12.7. The third kappa shape index (κ3) is 2.85. The molecule has 21 heavy (non-hydrogen) atoms. The number of anilines is 1. The van der Waals surface area contributed by atoms with Crippen molar-refractivity contribution < 1.29 is 14.2 Å². The van der Waals surface area contributed by atoms with Crippen molar-refractivity contribution >= 4 is 17.3 Å². The molecule has 0 aliphatic carbocycles. The summed E-state index contributed by atoms with van der Waals surface area (Å²) >= 11 is 6.03. The highest BCUT2D eigenvalue weighted by molar-refractivity contribution is 6.30. The van der Waals surface area contributed by atoms with E-state index in [1.807, 2.05) is 37.3 Å². The second-order valence-electron chi connectivity index (χ2n) is 4.84. The van der Waals surface area contributed by atoms with Gasteiger partial charge in [0.1, 0.15) is 0 Å². The summed E-state index contributed by atoms with van der Waals surface area (Å²) in [4.78, 5) is 0. The minimum absolute atomic E-state index is 0.232. The Balaban J connectivity index is 1.81. The average molecular weight is 306 g/mol. The molecule has 5 heteroatoms. The molecule has 4 nitrogen and oxygen atoms in total. The Labute approximate surface area is 128 Å². The first-order chi connectivity index (χ1) is 10.2. The summed E-state index contributed by atoms with van der Waals surface area (Å²) in [5.41, 5.74) is 3.21. The topological polar surface area (TPSA) is 39.7 Å². The molecule has 3 rings (SSSR count). The van der Waals surface area contributed by atoms with Crippen LogP contribution in [-0.4, -0.2) is 13.9 Å². The predicted octanol–water partition coefficient (Wildman–Crippen LogP) is 4.00. The molecule has 1 aliphatic heterocycles. The van der Waals surface area contributed by atoms with Crippen molar-refractivity contribution in [2.45, 2.75) is 13.5 Å². The number of nitrogens with one attached hydrogen (secondary N) is 1. The van der Waals surface area contributed by atoms with E-state index in [1.54, 1.807) is 7.11 Å². The molecule has 0 saturated heterocycles. The lowest BCUT2D eigenvalue weighted by atomic mass is 10.1. The number of hydrogen-bond donors (Lipinski definition) is 1. The van der Waals surface area contributed by atoms with Crippen LogP contribution in [0.1, 0.15) is 11.1 Å². The smallest absolute Gasteiger partial charge is 0.231 e. The predicted molar refractivity (Wildman–Crippen MR) is 82.6 cm³/mol. The molecule has 0 aromatic heterocycles. The van der Waals surface area contributed by atoms with Crippen LogP contribution >= 0.6 is 11.6 Å². The number of fused-ring (bicyclic) bond motifs is 1. The van der Waals surface area contributed by atoms with Crippen LogP contribution in [0.4, 0.5) is 5.69 Å². The maximum absolute atomic E-state index is 6.03. The number of ether oxygens (including phenoxy) is 3. The van der Waals surface area contributed by atoms with Crippen molar-refractivity contribution in [1.29, 1.82) is 0 Å². The Morgan fingerprint density at radius 3 is 2.90 bits per heavy atom. The first-order valence-corrected chi connectivity index (χ1v) is 7.01. The van der Waals surface area contributed by atoms with Crippen molar-refractivity contribution in [3.8, 4) is 17.2 Å². The van der Waals surface area contributed by atoms with Gasteiger partial charge in [0.15, 0.2) is 11.5 Å². The molecule has 110 valence electrons. The number of aryl methyl sites for hydroxylation is 1. The van der Waals surface area contributed by atoms with E-state index in [9.17, 15) is 0 Å². The summed E-state index contributed by atoms with van der Waals surface area (Å²) in [6.07, 6.45) is 0. The summed E-state index contributed by atoms with van der Waals surface area (Å²) in [7, 11) is 1.62. The minimum atomic E-state index is 0.232. The van der Waals surface area contributed by atoms with E-state index in [2.05, 4.69) is 5.32 Å². The van der Waals surface area contributed by atoms with E-state index >= 15 is 0 Å². The Bertz CT molecular complexity index is 673. The Morgan fingerprint density at radius 2 is 2.10 bits per heavy atom. The van der Waals surface area contributed by atoms with Gasteiger partial charge < -0.3 is 19.5 Å². The van der Waals surface area contributed by atoms with E-state index in [0.29, 0.717) is 28.8 Å². The van der Waals surface area contributed by atoms with Crippen molar-refractivity contribution in [3.63, 3.8) is 0 Å². The number of methoxy groups -OCH3 is 1. The highest BCUT2D eigenvalue weighted by atomic mass is 35.5. The summed E-state index contributed by atoms with van der Waals surface area (Å²) in [6, 6.07) is 9.69. The molecule has 2 aromatic rings. The summed E-state index contributed by atoms with van der Waals surface area (Å²) in [5, 5.41) is 4.09. The van der Waals surface area contributed by atoms with Gasteiger partial charge in [-0.2, -0.15) is 0 Å². The molecule has 0 atom stereocenters. The highest BCUT2D eigenvalue weighted by Crippen LogP contribution is 2.41. The van der Waals surface area contributed by atoms with E-state index in [0.717, 1.165) is 16.8 Å². The fourth-order valence-electron chi connectivity index (χ4n) is 2.27. The first kappa shape index (κ1) is 13.9. The van der Waals surface area contributed by atoms with Crippen LogP contribution < -0.4 is 19.5 Å². The molecule has 1 aliphatic rings. The Kier molecular flexibility index (Phi) is 3.80. The Hall–Kier alpha value is -2.07. The molecule has 1 N–H and O–H groups in total. The molecule has 0 fully saturated rings. The van der Waals surface area contributed by atoms with Crippen LogP contribution in [0.2, 0.25) is 5.02 Å².